The van der Waals surface area contributed by atoms with E-state index < -0.39 is 0 Å². The summed E-state index contributed by atoms with van der Waals surface area (Å²) in [5.41, 5.74) is 1.52. The van der Waals surface area contributed by atoms with Gasteiger partial charge in [0.2, 0.25) is 0 Å². The van der Waals surface area contributed by atoms with Gasteiger partial charge in [-0.1, -0.05) is 47.8 Å². The van der Waals surface area contributed by atoms with Gasteiger partial charge in [-0.2, -0.15) is 0 Å². The summed E-state index contributed by atoms with van der Waals surface area (Å²) in [5, 5.41) is 0. The van der Waals surface area contributed by atoms with Crippen molar-refractivity contribution < 1.29 is 9.53 Å². The Bertz CT molecular complexity index is 654. The van der Waals surface area contributed by atoms with Gasteiger partial charge in [0.15, 0.2) is 5.78 Å². The van der Waals surface area contributed by atoms with Gasteiger partial charge in [0.1, 0.15) is 5.75 Å². The number of hydrogen-bond acceptors (Lipinski definition) is 2. The second-order valence-electron chi connectivity index (χ2n) is 4.18. The van der Waals surface area contributed by atoms with Crippen LogP contribution in [0.5, 0.6) is 5.75 Å². The molecule has 2 aromatic rings. The maximum atomic E-state index is 12.4. The van der Waals surface area contributed by atoms with Crippen molar-refractivity contribution in [3.63, 3.8) is 0 Å². The smallest absolute Gasteiger partial charge is 0.168 e. The number of rotatable bonds is 4. The van der Waals surface area contributed by atoms with Crippen molar-refractivity contribution in [2.75, 3.05) is 7.11 Å². The van der Waals surface area contributed by atoms with Crippen LogP contribution in [-0.4, -0.2) is 12.9 Å². The van der Waals surface area contributed by atoms with E-state index in [1.54, 1.807) is 13.2 Å². The third-order valence-electron chi connectivity index (χ3n) is 2.82. The number of carbonyl (C=O) groups is 1. The van der Waals surface area contributed by atoms with E-state index in [4.69, 9.17) is 4.74 Å². The number of carbonyl (C=O) groups excluding carboxylic acids is 1. The van der Waals surface area contributed by atoms with Crippen molar-refractivity contribution in [3.8, 4) is 5.75 Å². The molecule has 0 aliphatic carbocycles. The highest BCUT2D eigenvalue weighted by Crippen LogP contribution is 2.27. The quantitative estimate of drug-likeness (QED) is 0.568. The average Bonchev–Trinajstić information content (AvgIpc) is 2.38. The van der Waals surface area contributed by atoms with Crippen molar-refractivity contribution in [2.45, 2.75) is 6.42 Å². The molecule has 2 nitrogen and oxygen atoms in total. The molecule has 5 heteroatoms. The van der Waals surface area contributed by atoms with Gasteiger partial charge < -0.3 is 4.74 Å². The van der Waals surface area contributed by atoms with E-state index in [1.807, 2.05) is 30.3 Å². The van der Waals surface area contributed by atoms with Crippen molar-refractivity contribution in [2.24, 2.45) is 0 Å². The molecule has 0 bridgehead atoms. The first-order chi connectivity index (χ1) is 9.51. The van der Waals surface area contributed by atoms with E-state index in [9.17, 15) is 4.79 Å². The predicted molar refractivity (Wildman–Crippen MR) is 90.6 cm³/mol. The lowest BCUT2D eigenvalue weighted by molar-refractivity contribution is 0.0991. The summed E-state index contributed by atoms with van der Waals surface area (Å²) in [6.45, 7) is 0. The second-order valence-corrected chi connectivity index (χ2v) is 6.87. The fourth-order valence-electron chi connectivity index (χ4n) is 1.87. The molecule has 0 fully saturated rings. The Balaban J connectivity index is 2.30. The van der Waals surface area contributed by atoms with Gasteiger partial charge >= 0.3 is 0 Å². The maximum absolute atomic E-state index is 12.4. The van der Waals surface area contributed by atoms with Crippen LogP contribution < -0.4 is 4.74 Å². The molecule has 2 rings (SSSR count). The number of benzene rings is 2. The summed E-state index contributed by atoms with van der Waals surface area (Å²) < 4.78 is 7.94. The minimum atomic E-state index is 0.0424. The molecular formula is C15H11Br3O2. The van der Waals surface area contributed by atoms with Gasteiger partial charge in [0.05, 0.1) is 7.11 Å². The topological polar surface area (TPSA) is 26.3 Å². The molecule has 0 aliphatic heterocycles. The Labute approximate surface area is 142 Å². The zero-order valence-electron chi connectivity index (χ0n) is 10.6. The molecule has 0 aromatic heterocycles. The first-order valence-electron chi connectivity index (χ1n) is 5.82. The molecule has 0 N–H and O–H groups in total. The zero-order chi connectivity index (χ0) is 14.7. The number of halogens is 3. The monoisotopic (exact) mass is 460 g/mol. The van der Waals surface area contributed by atoms with Crippen LogP contribution in [0.4, 0.5) is 0 Å². The van der Waals surface area contributed by atoms with Crippen LogP contribution in [0.25, 0.3) is 0 Å². The molecular weight excluding hydrogens is 452 g/mol. The predicted octanol–water partition coefficient (Wildman–Crippen LogP) is 5.41. The number of Topliss-reactive ketones (excluding diaryl/α,β-unsaturated/α-hetero) is 1. The summed E-state index contributed by atoms with van der Waals surface area (Å²) in [6, 6.07) is 11.2. The molecule has 2 aromatic carbocycles. The molecule has 0 unspecified atom stereocenters. The molecule has 0 aliphatic rings. The Hall–Kier alpha value is -0.650. The van der Waals surface area contributed by atoms with Crippen LogP contribution >= 0.6 is 47.8 Å². The van der Waals surface area contributed by atoms with Crippen molar-refractivity contribution in [1.29, 1.82) is 0 Å². The fourth-order valence-corrected chi connectivity index (χ4v) is 3.55. The highest BCUT2D eigenvalue weighted by molar-refractivity contribution is 9.11. The molecule has 0 spiro atoms. The summed E-state index contributed by atoms with van der Waals surface area (Å²) in [6.07, 6.45) is 0.294. The Morgan fingerprint density at radius 1 is 1.05 bits per heavy atom. The van der Waals surface area contributed by atoms with Gasteiger partial charge in [0, 0.05) is 31.0 Å². The van der Waals surface area contributed by atoms with Gasteiger partial charge in [-0.25, -0.2) is 0 Å². The lowest BCUT2D eigenvalue weighted by Gasteiger charge is -2.09. The Morgan fingerprint density at radius 3 is 2.35 bits per heavy atom. The average molecular weight is 463 g/mol. The highest BCUT2D eigenvalue weighted by Gasteiger charge is 2.14. The summed E-state index contributed by atoms with van der Waals surface area (Å²) in [7, 11) is 1.60. The number of ketones is 1. The molecule has 0 heterocycles. The van der Waals surface area contributed by atoms with Crippen LogP contribution in [0, 0.1) is 0 Å². The van der Waals surface area contributed by atoms with Crippen LogP contribution in [0.2, 0.25) is 0 Å². The number of methoxy groups -OCH3 is 1. The van der Waals surface area contributed by atoms with Gasteiger partial charge in [0.25, 0.3) is 0 Å². The standard InChI is InChI=1S/C15H11Br3O2/c1-20-15-5-3-10(16)6-9(15)7-14(19)12-4-2-11(17)8-13(12)18/h2-6,8H,7H2,1H3. The summed E-state index contributed by atoms with van der Waals surface area (Å²) >= 11 is 10.2. The van der Waals surface area contributed by atoms with E-state index >= 15 is 0 Å². The minimum Gasteiger partial charge on any atom is -0.496 e. The molecule has 0 saturated carbocycles. The zero-order valence-corrected chi connectivity index (χ0v) is 15.4. The molecule has 104 valence electrons. The lowest BCUT2D eigenvalue weighted by atomic mass is 10.0. The van der Waals surface area contributed by atoms with E-state index in [2.05, 4.69) is 47.8 Å². The van der Waals surface area contributed by atoms with Gasteiger partial charge in [-0.15, -0.1) is 0 Å². The van der Waals surface area contributed by atoms with Gasteiger partial charge in [-0.3, -0.25) is 4.79 Å². The SMILES string of the molecule is COc1ccc(Br)cc1CC(=O)c1ccc(Br)cc1Br. The molecule has 0 amide bonds. The molecule has 20 heavy (non-hydrogen) atoms. The van der Waals surface area contributed by atoms with Crippen molar-refractivity contribution >= 4 is 53.6 Å². The van der Waals surface area contributed by atoms with Crippen LogP contribution in [0.3, 0.4) is 0 Å². The van der Waals surface area contributed by atoms with E-state index in [1.165, 1.54) is 0 Å². The van der Waals surface area contributed by atoms with Crippen LogP contribution in [0.1, 0.15) is 15.9 Å². The van der Waals surface area contributed by atoms with Crippen LogP contribution in [-0.2, 0) is 6.42 Å². The first-order valence-corrected chi connectivity index (χ1v) is 8.20. The first kappa shape index (κ1) is 15.7. The Kier molecular flexibility index (Phi) is 5.41. The number of hydrogen-bond donors (Lipinski definition) is 0. The summed E-state index contributed by atoms with van der Waals surface area (Å²) in [4.78, 5) is 12.4. The summed E-state index contributed by atoms with van der Waals surface area (Å²) in [5.74, 6) is 0.760. The largest absolute Gasteiger partial charge is 0.496 e. The van der Waals surface area contributed by atoms with Gasteiger partial charge in [-0.05, 0) is 36.4 Å². The fraction of sp³-hybridized carbons (Fsp3) is 0.133. The lowest BCUT2D eigenvalue weighted by Crippen LogP contribution is -2.06. The molecule has 0 atom stereocenters. The molecule has 0 radical (unpaired) electrons. The van der Waals surface area contributed by atoms with E-state index in [-0.39, 0.29) is 5.78 Å². The number of ether oxygens (including phenoxy) is 1. The molecule has 0 saturated heterocycles. The van der Waals surface area contributed by atoms with Crippen LogP contribution in [0.15, 0.2) is 49.8 Å². The minimum absolute atomic E-state index is 0.0424. The van der Waals surface area contributed by atoms with Crippen molar-refractivity contribution in [3.05, 3.63) is 60.9 Å². The highest BCUT2D eigenvalue weighted by atomic mass is 79.9. The normalized spacial score (nSPS) is 10.4. The van der Waals surface area contributed by atoms with E-state index in [0.29, 0.717) is 12.0 Å². The third kappa shape index (κ3) is 3.71. The maximum Gasteiger partial charge on any atom is 0.168 e. The van der Waals surface area contributed by atoms with Crippen molar-refractivity contribution in [1.82, 2.24) is 0 Å². The third-order valence-corrected chi connectivity index (χ3v) is 4.47. The Morgan fingerprint density at radius 2 is 1.70 bits per heavy atom. The second kappa shape index (κ2) is 6.87. The van der Waals surface area contributed by atoms with E-state index in [0.717, 1.165) is 24.7 Å².